The Morgan fingerprint density at radius 3 is 2.48 bits per heavy atom. The fraction of sp³-hybridized carbons (Fsp3) is 0.611. The molecule has 0 amide bonds. The maximum absolute atomic E-state index is 12.2. The van der Waals surface area contributed by atoms with Crippen LogP contribution in [0.3, 0.4) is 0 Å². The summed E-state index contributed by atoms with van der Waals surface area (Å²) in [6.07, 6.45) is 1.34. The average Bonchev–Trinajstić information content (AvgIpc) is 2.65. The number of halogens is 1. The first kappa shape index (κ1) is 26.1. The molecule has 0 aliphatic rings. The molecule has 27 heavy (non-hydrogen) atoms. The third kappa shape index (κ3) is 12.2. The van der Waals surface area contributed by atoms with Gasteiger partial charge in [-0.2, -0.15) is 0 Å². The number of benzene rings is 1. The molecule has 0 radical (unpaired) electrons. The van der Waals surface area contributed by atoms with Crippen molar-refractivity contribution in [2.75, 3.05) is 52.3 Å². The van der Waals surface area contributed by atoms with Crippen LogP contribution in [-0.2, 0) is 19.3 Å². The van der Waals surface area contributed by atoms with Crippen LogP contribution in [0.1, 0.15) is 19.8 Å². The second-order valence-corrected chi connectivity index (χ2v) is 7.74. The Kier molecular flexibility index (Phi) is 15.5. The van der Waals surface area contributed by atoms with Gasteiger partial charge in [-0.05, 0) is 31.9 Å². The molecule has 7 nitrogen and oxygen atoms in total. The molecule has 0 heterocycles. The normalized spacial score (nSPS) is 11.7. The monoisotopic (exact) mass is 513 g/mol. The van der Waals surface area contributed by atoms with Gasteiger partial charge >= 0.3 is 0 Å². The first-order valence-electron chi connectivity index (χ1n) is 8.97. The Bertz CT molecular complexity index is 612. The van der Waals surface area contributed by atoms with Crippen molar-refractivity contribution in [1.29, 1.82) is 0 Å². The minimum Gasteiger partial charge on any atom is -0.382 e. The Hall–Kier alpha value is -0.910. The molecule has 9 heteroatoms. The van der Waals surface area contributed by atoms with Gasteiger partial charge in [-0.1, -0.05) is 18.2 Å². The Morgan fingerprint density at radius 1 is 1.07 bits per heavy atom. The Balaban J connectivity index is 0.00000676. The van der Waals surface area contributed by atoms with E-state index in [2.05, 4.69) is 15.6 Å². The number of hydrogen-bond donors (Lipinski definition) is 2. The van der Waals surface area contributed by atoms with Crippen LogP contribution in [0.5, 0.6) is 0 Å². The van der Waals surface area contributed by atoms with Crippen molar-refractivity contribution in [2.24, 2.45) is 4.99 Å². The maximum atomic E-state index is 12.2. The highest BCUT2D eigenvalue weighted by molar-refractivity contribution is 14.0. The zero-order valence-corrected chi connectivity index (χ0v) is 19.3. The van der Waals surface area contributed by atoms with Gasteiger partial charge in [0.15, 0.2) is 15.8 Å². The van der Waals surface area contributed by atoms with Gasteiger partial charge in [-0.15, -0.1) is 24.0 Å². The molecule has 1 rings (SSSR count). The van der Waals surface area contributed by atoms with Gasteiger partial charge < -0.3 is 20.1 Å². The summed E-state index contributed by atoms with van der Waals surface area (Å²) in [4.78, 5) is 4.79. The smallest absolute Gasteiger partial charge is 0.191 e. The van der Waals surface area contributed by atoms with Gasteiger partial charge in [0.25, 0.3) is 0 Å². The van der Waals surface area contributed by atoms with Crippen molar-refractivity contribution in [3.05, 3.63) is 30.3 Å². The van der Waals surface area contributed by atoms with Crippen LogP contribution >= 0.6 is 24.0 Å². The molecule has 2 N–H and O–H groups in total. The van der Waals surface area contributed by atoms with E-state index in [-0.39, 0.29) is 29.7 Å². The highest BCUT2D eigenvalue weighted by Crippen LogP contribution is 2.10. The van der Waals surface area contributed by atoms with Crippen LogP contribution in [0.25, 0.3) is 0 Å². The van der Waals surface area contributed by atoms with Crippen LogP contribution in [-0.4, -0.2) is 66.7 Å². The molecule has 0 fully saturated rings. The van der Waals surface area contributed by atoms with Crippen LogP contribution in [0.2, 0.25) is 0 Å². The van der Waals surface area contributed by atoms with E-state index >= 15 is 0 Å². The largest absolute Gasteiger partial charge is 0.382 e. The third-order valence-corrected chi connectivity index (χ3v) is 5.29. The lowest BCUT2D eigenvalue weighted by Gasteiger charge is -2.11. The summed E-state index contributed by atoms with van der Waals surface area (Å²) in [6, 6.07) is 8.52. The molecule has 156 valence electrons. The Morgan fingerprint density at radius 2 is 1.81 bits per heavy atom. The quantitative estimate of drug-likeness (QED) is 0.182. The molecule has 0 saturated heterocycles. The van der Waals surface area contributed by atoms with E-state index in [0.29, 0.717) is 43.6 Å². The highest BCUT2D eigenvalue weighted by atomic mass is 127. The van der Waals surface area contributed by atoms with Gasteiger partial charge in [0, 0.05) is 33.4 Å². The lowest BCUT2D eigenvalue weighted by Crippen LogP contribution is -2.38. The number of aliphatic imine (C=N–C) groups is 1. The average molecular weight is 513 g/mol. The Labute approximate surface area is 180 Å². The summed E-state index contributed by atoms with van der Waals surface area (Å²) in [7, 11) is -1.59. The fourth-order valence-corrected chi connectivity index (χ4v) is 3.47. The standard InChI is InChI=1S/C18H31N3O4S.HI/c1-3-19-18(20-11-7-13-25-15-14-24-2)21-12-8-16-26(22,23)17-9-5-4-6-10-17;/h4-6,9-10H,3,7-8,11-16H2,1-2H3,(H2,19,20,21);1H. The van der Waals surface area contributed by atoms with Crippen molar-refractivity contribution in [3.63, 3.8) is 0 Å². The summed E-state index contributed by atoms with van der Waals surface area (Å²) in [5.41, 5.74) is 0. The molecule has 0 unspecified atom stereocenters. The molecule has 0 aromatic heterocycles. The summed E-state index contributed by atoms with van der Waals surface area (Å²) in [6.45, 7) is 5.78. The zero-order valence-electron chi connectivity index (χ0n) is 16.1. The zero-order chi connectivity index (χ0) is 19.1. The molecule has 1 aromatic carbocycles. The molecule has 0 spiro atoms. The SMILES string of the molecule is CCNC(=NCCCS(=O)(=O)c1ccccc1)NCCCOCCOC.I. The van der Waals surface area contributed by atoms with E-state index in [9.17, 15) is 8.42 Å². The predicted octanol–water partition coefficient (Wildman–Crippen LogP) is 2.08. The van der Waals surface area contributed by atoms with Crippen LogP contribution in [0, 0.1) is 0 Å². The summed E-state index contributed by atoms with van der Waals surface area (Å²) < 4.78 is 34.8. The second-order valence-electron chi connectivity index (χ2n) is 5.63. The van der Waals surface area contributed by atoms with E-state index in [1.165, 1.54) is 0 Å². The van der Waals surface area contributed by atoms with Gasteiger partial charge in [0.05, 0.1) is 23.9 Å². The predicted molar refractivity (Wildman–Crippen MR) is 120 cm³/mol. The molecular formula is C18H32IN3O4S. The van der Waals surface area contributed by atoms with Crippen molar-refractivity contribution in [3.8, 4) is 0 Å². The molecule has 0 atom stereocenters. The maximum Gasteiger partial charge on any atom is 0.191 e. The lowest BCUT2D eigenvalue weighted by molar-refractivity contribution is 0.0698. The van der Waals surface area contributed by atoms with Crippen molar-refractivity contribution in [1.82, 2.24) is 10.6 Å². The minimum atomic E-state index is -3.24. The number of nitrogens with zero attached hydrogens (tertiary/aromatic N) is 1. The van der Waals surface area contributed by atoms with E-state index in [0.717, 1.165) is 19.5 Å². The lowest BCUT2D eigenvalue weighted by atomic mass is 10.4. The second kappa shape index (κ2) is 16.1. The van der Waals surface area contributed by atoms with E-state index < -0.39 is 9.84 Å². The van der Waals surface area contributed by atoms with Gasteiger partial charge in [-0.3, -0.25) is 4.99 Å². The summed E-state index contributed by atoms with van der Waals surface area (Å²) >= 11 is 0. The van der Waals surface area contributed by atoms with Crippen LogP contribution < -0.4 is 10.6 Å². The van der Waals surface area contributed by atoms with Gasteiger partial charge in [0.2, 0.25) is 0 Å². The number of nitrogens with one attached hydrogen (secondary N) is 2. The van der Waals surface area contributed by atoms with E-state index in [1.54, 1.807) is 37.4 Å². The molecule has 0 aliphatic carbocycles. The van der Waals surface area contributed by atoms with Crippen LogP contribution in [0.15, 0.2) is 40.2 Å². The molecule has 0 bridgehead atoms. The topological polar surface area (TPSA) is 89.0 Å². The first-order chi connectivity index (χ1) is 12.6. The molecular weight excluding hydrogens is 481 g/mol. The number of methoxy groups -OCH3 is 1. The number of rotatable bonds is 13. The van der Waals surface area contributed by atoms with Crippen LogP contribution in [0.4, 0.5) is 0 Å². The van der Waals surface area contributed by atoms with E-state index in [4.69, 9.17) is 9.47 Å². The first-order valence-corrected chi connectivity index (χ1v) is 10.6. The van der Waals surface area contributed by atoms with Crippen molar-refractivity contribution < 1.29 is 17.9 Å². The summed E-state index contributed by atoms with van der Waals surface area (Å²) in [5, 5.41) is 6.37. The number of guanidine groups is 1. The van der Waals surface area contributed by atoms with Gasteiger partial charge in [-0.25, -0.2) is 8.42 Å². The highest BCUT2D eigenvalue weighted by Gasteiger charge is 2.12. The molecule has 1 aromatic rings. The van der Waals surface area contributed by atoms with E-state index in [1.807, 2.05) is 6.92 Å². The number of ether oxygens (including phenoxy) is 2. The molecule has 0 saturated carbocycles. The number of sulfone groups is 1. The molecule has 0 aliphatic heterocycles. The summed E-state index contributed by atoms with van der Waals surface area (Å²) in [5.74, 6) is 0.786. The van der Waals surface area contributed by atoms with Crippen molar-refractivity contribution in [2.45, 2.75) is 24.7 Å². The number of hydrogen-bond acceptors (Lipinski definition) is 5. The van der Waals surface area contributed by atoms with Gasteiger partial charge in [0.1, 0.15) is 0 Å². The minimum absolute atomic E-state index is 0. The van der Waals surface area contributed by atoms with Crippen molar-refractivity contribution >= 4 is 39.8 Å². The fourth-order valence-electron chi connectivity index (χ4n) is 2.16. The third-order valence-electron chi connectivity index (χ3n) is 3.48.